The number of urea groups is 1. The average Bonchev–Trinajstić information content (AvgIpc) is 3.25. The maximum Gasteiger partial charge on any atom is 0.337 e. The quantitative estimate of drug-likeness (QED) is 0.431. The highest BCUT2D eigenvalue weighted by Gasteiger charge is 2.13. The number of amides is 2. The van der Waals surface area contributed by atoms with Crippen molar-refractivity contribution in [2.24, 2.45) is 0 Å². The zero-order valence-corrected chi connectivity index (χ0v) is 18.2. The van der Waals surface area contributed by atoms with Crippen molar-refractivity contribution in [1.29, 1.82) is 0 Å². The molecule has 10 nitrogen and oxygen atoms in total. The van der Waals surface area contributed by atoms with E-state index in [-0.39, 0.29) is 0 Å². The Labute approximate surface area is 189 Å². The molecule has 2 heterocycles. The summed E-state index contributed by atoms with van der Waals surface area (Å²) in [5, 5.41) is 9.85. The van der Waals surface area contributed by atoms with Gasteiger partial charge in [0.25, 0.3) is 0 Å². The van der Waals surface area contributed by atoms with E-state index in [2.05, 4.69) is 25.5 Å². The Morgan fingerprint density at radius 3 is 2.33 bits per heavy atom. The lowest BCUT2D eigenvalue weighted by atomic mass is 10.1. The van der Waals surface area contributed by atoms with Gasteiger partial charge in [0.15, 0.2) is 23.0 Å². The van der Waals surface area contributed by atoms with Gasteiger partial charge in [-0.25, -0.2) is 19.1 Å². The summed E-state index contributed by atoms with van der Waals surface area (Å²) in [6, 6.07) is 14.8. The number of hydrogen-bond acceptors (Lipinski definition) is 7. The second-order valence-corrected chi connectivity index (χ2v) is 6.85. The van der Waals surface area contributed by atoms with Crippen molar-refractivity contribution in [2.75, 3.05) is 32.0 Å². The van der Waals surface area contributed by atoms with Crippen LogP contribution in [0.25, 0.3) is 16.9 Å². The number of methoxy groups -OCH3 is 3. The smallest absolute Gasteiger partial charge is 0.337 e. The fourth-order valence-electron chi connectivity index (χ4n) is 3.26. The van der Waals surface area contributed by atoms with Crippen LogP contribution in [0.3, 0.4) is 0 Å². The molecule has 0 radical (unpaired) electrons. The molecule has 0 fully saturated rings. The first-order valence-corrected chi connectivity index (χ1v) is 9.86. The fraction of sp³-hybridized carbons (Fsp3) is 0.130. The molecule has 168 valence electrons. The first-order valence-electron chi connectivity index (χ1n) is 9.86. The number of carbonyl (C=O) groups excluding carboxylic acids is 2. The number of carbonyl (C=O) groups is 2. The Kier molecular flexibility index (Phi) is 6.07. The molecule has 0 unspecified atom stereocenters. The van der Waals surface area contributed by atoms with E-state index in [4.69, 9.17) is 9.47 Å². The lowest BCUT2D eigenvalue weighted by Crippen LogP contribution is -2.19. The van der Waals surface area contributed by atoms with Crippen LogP contribution >= 0.6 is 0 Å². The molecule has 0 saturated carbocycles. The summed E-state index contributed by atoms with van der Waals surface area (Å²) < 4.78 is 17.0. The minimum atomic E-state index is -0.489. The number of ether oxygens (including phenoxy) is 3. The molecule has 0 aliphatic carbocycles. The number of hydrogen-bond donors (Lipinski definition) is 2. The van der Waals surface area contributed by atoms with E-state index in [0.717, 1.165) is 11.3 Å². The zero-order valence-electron chi connectivity index (χ0n) is 18.2. The van der Waals surface area contributed by atoms with E-state index in [1.807, 2.05) is 24.3 Å². The third-order valence-corrected chi connectivity index (χ3v) is 4.84. The molecule has 2 N–H and O–H groups in total. The summed E-state index contributed by atoms with van der Waals surface area (Å²) >= 11 is 0. The highest BCUT2D eigenvalue weighted by atomic mass is 16.5. The maximum atomic E-state index is 12.4. The monoisotopic (exact) mass is 447 g/mol. The number of fused-ring (bicyclic) bond motifs is 1. The van der Waals surface area contributed by atoms with Crippen molar-refractivity contribution in [2.45, 2.75) is 0 Å². The van der Waals surface area contributed by atoms with Crippen LogP contribution in [0, 0.1) is 0 Å². The van der Waals surface area contributed by atoms with Gasteiger partial charge in [0.2, 0.25) is 0 Å². The molecule has 0 bridgehead atoms. The molecule has 2 aromatic carbocycles. The van der Waals surface area contributed by atoms with Crippen molar-refractivity contribution in [3.8, 4) is 22.8 Å². The number of benzene rings is 2. The van der Waals surface area contributed by atoms with Crippen molar-refractivity contribution >= 4 is 29.2 Å². The van der Waals surface area contributed by atoms with E-state index in [1.165, 1.54) is 7.11 Å². The molecular weight excluding hydrogens is 426 g/mol. The van der Waals surface area contributed by atoms with Crippen molar-refractivity contribution in [1.82, 2.24) is 14.6 Å². The van der Waals surface area contributed by atoms with Gasteiger partial charge in [0.1, 0.15) is 0 Å². The molecule has 0 aliphatic rings. The zero-order chi connectivity index (χ0) is 23.4. The average molecular weight is 447 g/mol. The van der Waals surface area contributed by atoms with Gasteiger partial charge in [-0.2, -0.15) is 0 Å². The summed E-state index contributed by atoms with van der Waals surface area (Å²) in [7, 11) is 4.45. The third kappa shape index (κ3) is 4.54. The van der Waals surface area contributed by atoms with E-state index >= 15 is 0 Å². The SMILES string of the molecule is COC(=O)c1ccc(NC(=O)Nc2cc3nccc(-c4ccc(OC)c(OC)c4)n3n2)cc1. The number of aromatic nitrogens is 3. The number of esters is 1. The molecule has 33 heavy (non-hydrogen) atoms. The number of anilines is 2. The maximum absolute atomic E-state index is 12.4. The summed E-state index contributed by atoms with van der Waals surface area (Å²) in [6.07, 6.45) is 1.66. The number of rotatable bonds is 6. The Morgan fingerprint density at radius 2 is 1.64 bits per heavy atom. The Hall–Kier alpha value is -4.60. The van der Waals surface area contributed by atoms with Gasteiger partial charge in [-0.05, 0) is 48.5 Å². The van der Waals surface area contributed by atoms with Gasteiger partial charge in [-0.3, -0.25) is 5.32 Å². The summed E-state index contributed by atoms with van der Waals surface area (Å²) in [5.41, 5.74) is 3.04. The summed E-state index contributed by atoms with van der Waals surface area (Å²) in [5.74, 6) is 1.07. The third-order valence-electron chi connectivity index (χ3n) is 4.84. The van der Waals surface area contributed by atoms with Crippen LogP contribution in [0.15, 0.2) is 60.8 Å². The molecule has 2 amide bonds. The van der Waals surface area contributed by atoms with Gasteiger partial charge in [0, 0.05) is 23.5 Å². The minimum absolute atomic E-state index is 0.319. The number of nitrogens with one attached hydrogen (secondary N) is 2. The van der Waals surface area contributed by atoms with E-state index in [1.54, 1.807) is 55.3 Å². The molecule has 0 aliphatic heterocycles. The molecule has 4 aromatic rings. The Balaban J connectivity index is 1.54. The van der Waals surface area contributed by atoms with E-state index < -0.39 is 12.0 Å². The van der Waals surface area contributed by atoms with Crippen LogP contribution in [0.2, 0.25) is 0 Å². The molecule has 0 spiro atoms. The largest absolute Gasteiger partial charge is 0.493 e. The van der Waals surface area contributed by atoms with Crippen LogP contribution < -0.4 is 20.1 Å². The van der Waals surface area contributed by atoms with E-state index in [9.17, 15) is 9.59 Å². The lowest BCUT2D eigenvalue weighted by molar-refractivity contribution is 0.0600. The fourth-order valence-corrected chi connectivity index (χ4v) is 3.26. The van der Waals surface area contributed by atoms with Gasteiger partial charge in [-0.15, -0.1) is 5.10 Å². The van der Waals surface area contributed by atoms with Crippen molar-refractivity contribution < 1.29 is 23.8 Å². The summed E-state index contributed by atoms with van der Waals surface area (Å²) in [6.45, 7) is 0. The topological polar surface area (TPSA) is 116 Å². The predicted octanol–water partition coefficient (Wildman–Crippen LogP) is 3.84. The van der Waals surface area contributed by atoms with Crippen LogP contribution in [0.1, 0.15) is 10.4 Å². The number of nitrogens with zero attached hydrogens (tertiary/aromatic N) is 3. The van der Waals surface area contributed by atoms with Crippen LogP contribution in [0.4, 0.5) is 16.3 Å². The molecule has 4 rings (SSSR count). The van der Waals surface area contributed by atoms with Gasteiger partial charge in [0.05, 0.1) is 32.6 Å². The molecule has 0 atom stereocenters. The first kappa shape index (κ1) is 21.6. The van der Waals surface area contributed by atoms with E-state index in [0.29, 0.717) is 34.2 Å². The Bertz CT molecular complexity index is 1320. The second kappa shape index (κ2) is 9.27. The van der Waals surface area contributed by atoms with Gasteiger partial charge in [-0.1, -0.05) is 0 Å². The van der Waals surface area contributed by atoms with Crippen molar-refractivity contribution in [3.63, 3.8) is 0 Å². The molecule has 10 heteroatoms. The predicted molar refractivity (Wildman–Crippen MR) is 122 cm³/mol. The highest BCUT2D eigenvalue weighted by molar-refractivity contribution is 6.00. The minimum Gasteiger partial charge on any atom is -0.493 e. The highest BCUT2D eigenvalue weighted by Crippen LogP contribution is 2.32. The molecule has 2 aromatic heterocycles. The molecule has 0 saturated heterocycles. The first-order chi connectivity index (χ1) is 16.0. The standard InChI is InChI=1S/C23H21N5O5/c1-31-18-9-6-15(12-19(18)32-2)17-10-11-24-21-13-20(27-28(17)21)26-23(30)25-16-7-4-14(5-8-16)22(29)33-3/h4-13H,1-3H3,(H2,25,26,27,30). The van der Waals surface area contributed by atoms with Crippen LogP contribution in [0.5, 0.6) is 11.5 Å². The van der Waals surface area contributed by atoms with Crippen molar-refractivity contribution in [3.05, 3.63) is 66.4 Å². The molecular formula is C23H21N5O5. The van der Waals surface area contributed by atoms with Gasteiger partial charge < -0.3 is 19.5 Å². The lowest BCUT2D eigenvalue weighted by Gasteiger charge is -2.10. The van der Waals surface area contributed by atoms with Gasteiger partial charge >= 0.3 is 12.0 Å². The van der Waals surface area contributed by atoms with Crippen LogP contribution in [-0.2, 0) is 4.74 Å². The summed E-state index contributed by atoms with van der Waals surface area (Å²) in [4.78, 5) is 28.3. The second-order valence-electron chi connectivity index (χ2n) is 6.85. The van der Waals surface area contributed by atoms with Crippen LogP contribution in [-0.4, -0.2) is 47.9 Å². The Morgan fingerprint density at radius 1 is 0.879 bits per heavy atom. The normalized spacial score (nSPS) is 10.5.